The van der Waals surface area contributed by atoms with Crippen molar-refractivity contribution in [3.05, 3.63) is 76.3 Å². The molecule has 0 spiro atoms. The Kier molecular flexibility index (Phi) is 5.07. The highest BCUT2D eigenvalue weighted by molar-refractivity contribution is 6.04. The summed E-state index contributed by atoms with van der Waals surface area (Å²) in [6.45, 7) is 1.34. The number of nitrogens with one attached hydrogen (secondary N) is 1. The van der Waals surface area contributed by atoms with Gasteiger partial charge in [0.2, 0.25) is 0 Å². The quantitative estimate of drug-likeness (QED) is 0.628. The van der Waals surface area contributed by atoms with Crippen molar-refractivity contribution in [3.63, 3.8) is 0 Å². The van der Waals surface area contributed by atoms with E-state index in [1.807, 2.05) is 0 Å². The van der Waals surface area contributed by atoms with Gasteiger partial charge in [0.15, 0.2) is 23.3 Å². The lowest BCUT2D eigenvalue weighted by atomic mass is 9.82. The molecule has 0 bridgehead atoms. The van der Waals surface area contributed by atoms with Gasteiger partial charge in [0, 0.05) is 6.07 Å². The van der Waals surface area contributed by atoms with Crippen molar-refractivity contribution in [3.8, 4) is 6.07 Å². The van der Waals surface area contributed by atoms with Gasteiger partial charge in [0.1, 0.15) is 34.4 Å². The largest absolute Gasteiger partial charge is 0.466 e. The number of ether oxygens (including phenoxy) is 1. The Morgan fingerprint density at radius 3 is 2.48 bits per heavy atom. The number of esters is 1. The van der Waals surface area contributed by atoms with Gasteiger partial charge in [-0.15, -0.1) is 0 Å². The van der Waals surface area contributed by atoms with E-state index in [2.05, 4.69) is 15.3 Å². The average molecular weight is 404 g/mol. The Labute approximate surface area is 162 Å². The molecule has 10 heteroatoms. The van der Waals surface area contributed by atoms with Gasteiger partial charge in [-0.2, -0.15) is 5.26 Å². The van der Waals surface area contributed by atoms with Crippen LogP contribution >= 0.6 is 0 Å². The lowest BCUT2D eigenvalue weighted by molar-refractivity contribution is -0.137. The minimum Gasteiger partial charge on any atom is -0.466 e. The van der Waals surface area contributed by atoms with Crippen LogP contribution in [-0.2, 0) is 15.1 Å². The minimum absolute atomic E-state index is 0.00827. The molecule has 3 rings (SSSR count). The van der Waals surface area contributed by atoms with Crippen LogP contribution in [0.1, 0.15) is 18.2 Å². The number of carbonyl (C=O) groups excluding carboxylic acids is 1. The maximum atomic E-state index is 14.2. The maximum Gasteiger partial charge on any atom is 0.339 e. The van der Waals surface area contributed by atoms with Gasteiger partial charge in [0.25, 0.3) is 0 Å². The van der Waals surface area contributed by atoms with Crippen LogP contribution in [0.3, 0.4) is 0 Å². The van der Waals surface area contributed by atoms with E-state index < -0.39 is 40.5 Å². The summed E-state index contributed by atoms with van der Waals surface area (Å²) in [4.78, 5) is 20.3. The summed E-state index contributed by atoms with van der Waals surface area (Å²) < 4.78 is 59.4. The molecular formula is C19H12F4N4O2. The summed E-state index contributed by atoms with van der Waals surface area (Å²) in [7, 11) is 1.07. The number of hydrogen-bond donors (Lipinski definition) is 1. The van der Waals surface area contributed by atoms with Crippen molar-refractivity contribution in [1.82, 2.24) is 10.3 Å². The third-order valence-electron chi connectivity index (χ3n) is 4.33. The van der Waals surface area contributed by atoms with E-state index in [9.17, 15) is 27.6 Å². The Bertz CT molecular complexity index is 1120. The van der Waals surface area contributed by atoms with Crippen LogP contribution in [0, 0.1) is 34.6 Å². The minimum atomic E-state index is -1.77. The van der Waals surface area contributed by atoms with Gasteiger partial charge >= 0.3 is 5.97 Å². The fourth-order valence-corrected chi connectivity index (χ4v) is 2.93. The van der Waals surface area contributed by atoms with Gasteiger partial charge < -0.3 is 10.1 Å². The number of nitriles is 1. The van der Waals surface area contributed by atoms with E-state index in [-0.39, 0.29) is 22.7 Å². The zero-order valence-corrected chi connectivity index (χ0v) is 15.1. The van der Waals surface area contributed by atoms with Crippen LogP contribution in [-0.4, -0.2) is 23.9 Å². The van der Waals surface area contributed by atoms with Crippen LogP contribution in [0.25, 0.3) is 0 Å². The number of carbonyl (C=O) groups is 1. The molecule has 1 aliphatic rings. The van der Waals surface area contributed by atoms with Crippen molar-refractivity contribution >= 4 is 11.8 Å². The van der Waals surface area contributed by atoms with Crippen LogP contribution in [0.2, 0.25) is 0 Å². The molecule has 1 aromatic carbocycles. The molecular weight excluding hydrogens is 392 g/mol. The lowest BCUT2D eigenvalue weighted by Gasteiger charge is -2.33. The number of hydrogen-bond acceptors (Lipinski definition) is 6. The Morgan fingerprint density at radius 2 is 1.90 bits per heavy atom. The van der Waals surface area contributed by atoms with Crippen molar-refractivity contribution in [2.75, 3.05) is 7.11 Å². The van der Waals surface area contributed by atoms with Gasteiger partial charge in [-0.1, -0.05) is 6.07 Å². The van der Waals surface area contributed by atoms with Crippen LogP contribution in [0.4, 0.5) is 17.6 Å². The topological polar surface area (TPSA) is 87.4 Å². The van der Waals surface area contributed by atoms with Gasteiger partial charge in [-0.05, 0) is 24.6 Å². The zero-order chi connectivity index (χ0) is 21.3. The smallest absolute Gasteiger partial charge is 0.339 e. The van der Waals surface area contributed by atoms with E-state index in [1.165, 1.54) is 6.92 Å². The second-order valence-corrected chi connectivity index (χ2v) is 6.12. The predicted molar refractivity (Wildman–Crippen MR) is 92.2 cm³/mol. The molecule has 1 atom stereocenters. The molecule has 0 saturated carbocycles. The average Bonchev–Trinajstić information content (AvgIpc) is 2.68. The SMILES string of the molecule is COC(=O)C1=C(C#N)NC(c2ncc(F)cc2F)=NC1(C)c1ccc(F)c(F)c1. The number of aliphatic imine (C=N–C) groups is 1. The Balaban J connectivity index is 2.30. The van der Waals surface area contributed by atoms with Crippen molar-refractivity contribution in [2.45, 2.75) is 12.5 Å². The molecule has 0 radical (unpaired) electrons. The Hall–Kier alpha value is -3.74. The number of benzene rings is 1. The number of methoxy groups -OCH3 is 1. The first-order chi connectivity index (χ1) is 13.7. The van der Waals surface area contributed by atoms with Crippen LogP contribution in [0.15, 0.2) is 46.7 Å². The third-order valence-corrected chi connectivity index (χ3v) is 4.33. The zero-order valence-electron chi connectivity index (χ0n) is 15.1. The number of amidine groups is 1. The van der Waals surface area contributed by atoms with E-state index in [0.717, 1.165) is 31.5 Å². The first kappa shape index (κ1) is 20.0. The van der Waals surface area contributed by atoms with E-state index in [1.54, 1.807) is 6.07 Å². The molecule has 0 amide bonds. The maximum absolute atomic E-state index is 14.2. The van der Waals surface area contributed by atoms with E-state index in [0.29, 0.717) is 6.07 Å². The number of rotatable bonds is 3. The number of halogens is 4. The van der Waals surface area contributed by atoms with Crippen molar-refractivity contribution in [2.24, 2.45) is 4.99 Å². The van der Waals surface area contributed by atoms with E-state index in [4.69, 9.17) is 4.74 Å². The molecule has 148 valence electrons. The predicted octanol–water partition coefficient (Wildman–Crippen LogP) is 2.85. The highest BCUT2D eigenvalue weighted by Crippen LogP contribution is 2.39. The molecule has 0 saturated heterocycles. The number of allylic oxidation sites excluding steroid dienone is 1. The first-order valence-electron chi connectivity index (χ1n) is 8.08. The highest BCUT2D eigenvalue weighted by Gasteiger charge is 2.43. The fraction of sp³-hybridized carbons (Fsp3) is 0.158. The highest BCUT2D eigenvalue weighted by atomic mass is 19.2. The van der Waals surface area contributed by atoms with Crippen LogP contribution < -0.4 is 5.32 Å². The summed E-state index contributed by atoms with van der Waals surface area (Å²) in [5, 5.41) is 12.0. The summed E-state index contributed by atoms with van der Waals surface area (Å²) in [5.41, 5.74) is -2.88. The Morgan fingerprint density at radius 1 is 1.17 bits per heavy atom. The van der Waals surface area contributed by atoms with E-state index >= 15 is 0 Å². The summed E-state index contributed by atoms with van der Waals surface area (Å²) in [6, 6.07) is 5.10. The van der Waals surface area contributed by atoms with Gasteiger partial charge in [-0.25, -0.2) is 32.3 Å². The molecule has 1 aliphatic heterocycles. The molecule has 1 N–H and O–H groups in total. The van der Waals surface area contributed by atoms with Gasteiger partial charge in [-0.3, -0.25) is 0 Å². The molecule has 0 aliphatic carbocycles. The first-order valence-corrected chi connectivity index (χ1v) is 8.08. The third kappa shape index (κ3) is 3.42. The lowest BCUT2D eigenvalue weighted by Crippen LogP contribution is -2.42. The monoisotopic (exact) mass is 404 g/mol. The summed E-state index contributed by atoms with van der Waals surface area (Å²) in [5.74, 6) is -5.63. The molecule has 1 unspecified atom stereocenters. The van der Waals surface area contributed by atoms with Crippen molar-refractivity contribution in [1.29, 1.82) is 5.26 Å². The summed E-state index contributed by atoms with van der Waals surface area (Å²) >= 11 is 0. The number of pyridine rings is 1. The molecule has 6 nitrogen and oxygen atoms in total. The molecule has 1 aromatic heterocycles. The number of nitrogens with zero attached hydrogens (tertiary/aromatic N) is 3. The second-order valence-electron chi connectivity index (χ2n) is 6.12. The normalized spacial score (nSPS) is 18.6. The molecule has 2 heterocycles. The summed E-state index contributed by atoms with van der Waals surface area (Å²) in [6.07, 6.45) is 0.739. The fourth-order valence-electron chi connectivity index (χ4n) is 2.93. The standard InChI is InChI=1S/C19H12F4N4O2/c1-19(9-3-4-11(21)12(22)5-9)15(18(28)29-2)14(7-24)26-17(27-19)16-13(23)6-10(20)8-25-16/h3-6,8H,1-2H3,(H,26,27). The number of aromatic nitrogens is 1. The van der Waals surface area contributed by atoms with Crippen LogP contribution in [0.5, 0.6) is 0 Å². The van der Waals surface area contributed by atoms with Gasteiger partial charge in [0.05, 0.1) is 13.3 Å². The molecule has 29 heavy (non-hydrogen) atoms. The van der Waals surface area contributed by atoms with Crippen molar-refractivity contribution < 1.29 is 27.1 Å². The molecule has 0 fully saturated rings. The second kappa shape index (κ2) is 7.35. The molecule has 2 aromatic rings.